The Bertz CT molecular complexity index is 1230. The van der Waals surface area contributed by atoms with Crippen LogP contribution in [0.1, 0.15) is 22.9 Å². The molecule has 1 atom stereocenters. The molecule has 1 aliphatic heterocycles. The molecule has 2 heterocycles. The fourth-order valence-electron chi connectivity index (χ4n) is 3.84. The highest BCUT2D eigenvalue weighted by atomic mass is 19.1. The zero-order valence-corrected chi connectivity index (χ0v) is 18.0. The topological polar surface area (TPSA) is 89.0 Å². The summed E-state index contributed by atoms with van der Waals surface area (Å²) in [5.41, 5.74) is 1.22. The summed E-state index contributed by atoms with van der Waals surface area (Å²) in [7, 11) is 2.93. The summed E-state index contributed by atoms with van der Waals surface area (Å²) in [5.74, 6) is -1.65. The van der Waals surface area contributed by atoms with Crippen molar-refractivity contribution < 1.29 is 28.6 Å². The first-order chi connectivity index (χ1) is 15.9. The van der Waals surface area contributed by atoms with Crippen molar-refractivity contribution in [3.8, 4) is 11.5 Å². The fraction of sp³-hybridized carbons (Fsp3) is 0.160. The van der Waals surface area contributed by atoms with Crippen LogP contribution in [0, 0.1) is 5.82 Å². The lowest BCUT2D eigenvalue weighted by Gasteiger charge is -2.25. The Hall–Kier alpha value is -4.20. The first-order valence-corrected chi connectivity index (χ1v) is 10.1. The van der Waals surface area contributed by atoms with Gasteiger partial charge in [-0.15, -0.1) is 0 Å². The third-order valence-corrected chi connectivity index (χ3v) is 5.44. The second-order valence-corrected chi connectivity index (χ2v) is 7.37. The van der Waals surface area contributed by atoms with Crippen LogP contribution in [0.25, 0.3) is 5.76 Å². The predicted molar refractivity (Wildman–Crippen MR) is 118 cm³/mol. The van der Waals surface area contributed by atoms with E-state index in [0.717, 1.165) is 0 Å². The van der Waals surface area contributed by atoms with Crippen LogP contribution in [0.4, 0.5) is 4.39 Å². The first kappa shape index (κ1) is 22.0. The molecule has 0 saturated carbocycles. The maximum absolute atomic E-state index is 13.6. The largest absolute Gasteiger partial charge is 0.507 e. The Morgan fingerprint density at radius 2 is 1.76 bits per heavy atom. The van der Waals surface area contributed by atoms with Gasteiger partial charge in [-0.2, -0.15) is 0 Å². The molecule has 168 valence electrons. The molecule has 0 aliphatic carbocycles. The Morgan fingerprint density at radius 3 is 2.39 bits per heavy atom. The third kappa shape index (κ3) is 4.15. The van der Waals surface area contributed by atoms with Gasteiger partial charge in [-0.1, -0.05) is 18.2 Å². The number of aromatic nitrogens is 1. The molecule has 1 fully saturated rings. The summed E-state index contributed by atoms with van der Waals surface area (Å²) >= 11 is 0. The van der Waals surface area contributed by atoms with Crippen LogP contribution in [-0.4, -0.2) is 40.9 Å². The van der Waals surface area contributed by atoms with Crippen LogP contribution >= 0.6 is 0 Å². The van der Waals surface area contributed by atoms with Gasteiger partial charge >= 0.3 is 0 Å². The number of ether oxygens (including phenoxy) is 2. The van der Waals surface area contributed by atoms with Gasteiger partial charge in [-0.05, 0) is 48.0 Å². The van der Waals surface area contributed by atoms with E-state index in [1.807, 2.05) is 0 Å². The van der Waals surface area contributed by atoms with Gasteiger partial charge in [0.1, 0.15) is 11.6 Å². The number of aliphatic hydroxyl groups is 1. The third-order valence-electron chi connectivity index (χ3n) is 5.44. The van der Waals surface area contributed by atoms with Gasteiger partial charge in [0.2, 0.25) is 0 Å². The SMILES string of the molecule is COc1ccc(/C(O)=C2/C(=O)C(=O)N(Cc3ccccn3)C2c2ccc(F)cc2)cc1OC. The molecule has 1 saturated heterocycles. The first-order valence-electron chi connectivity index (χ1n) is 10.1. The zero-order valence-electron chi connectivity index (χ0n) is 18.0. The molecule has 33 heavy (non-hydrogen) atoms. The molecule has 2 aromatic carbocycles. The smallest absolute Gasteiger partial charge is 0.296 e. The van der Waals surface area contributed by atoms with Gasteiger partial charge in [0.05, 0.1) is 38.1 Å². The number of hydrogen-bond donors (Lipinski definition) is 1. The molecular weight excluding hydrogens is 427 g/mol. The molecule has 7 nitrogen and oxygen atoms in total. The summed E-state index contributed by atoms with van der Waals surface area (Å²) in [5, 5.41) is 11.2. The molecule has 1 N–H and O–H groups in total. The number of carbonyl (C=O) groups excluding carboxylic acids is 2. The van der Waals surface area contributed by atoms with Crippen molar-refractivity contribution in [3.63, 3.8) is 0 Å². The number of amides is 1. The Balaban J connectivity index is 1.86. The van der Waals surface area contributed by atoms with Crippen LogP contribution in [0.5, 0.6) is 11.5 Å². The second-order valence-electron chi connectivity index (χ2n) is 7.37. The lowest BCUT2D eigenvalue weighted by molar-refractivity contribution is -0.140. The van der Waals surface area contributed by atoms with E-state index >= 15 is 0 Å². The average Bonchev–Trinajstić information content (AvgIpc) is 3.09. The van der Waals surface area contributed by atoms with Crippen molar-refractivity contribution in [2.75, 3.05) is 14.2 Å². The van der Waals surface area contributed by atoms with Crippen molar-refractivity contribution in [2.45, 2.75) is 12.6 Å². The average molecular weight is 448 g/mol. The molecule has 0 radical (unpaired) electrons. The quantitative estimate of drug-likeness (QED) is 0.350. The number of halogens is 1. The van der Waals surface area contributed by atoms with E-state index in [0.29, 0.717) is 22.8 Å². The highest BCUT2D eigenvalue weighted by molar-refractivity contribution is 6.46. The standard InChI is InChI=1S/C25H21FN2O5/c1-32-19-11-8-16(13-20(19)33-2)23(29)21-22(15-6-9-17(26)10-7-15)28(25(31)24(21)30)14-18-5-3-4-12-27-18/h3-13,22,29H,14H2,1-2H3/b23-21-. The minimum Gasteiger partial charge on any atom is -0.507 e. The van der Waals surface area contributed by atoms with Crippen molar-refractivity contribution in [3.05, 3.63) is 95.1 Å². The lowest BCUT2D eigenvalue weighted by atomic mass is 9.95. The minimum atomic E-state index is -0.930. The maximum Gasteiger partial charge on any atom is 0.296 e. The van der Waals surface area contributed by atoms with Crippen molar-refractivity contribution in [1.82, 2.24) is 9.88 Å². The summed E-state index contributed by atoms with van der Waals surface area (Å²) in [4.78, 5) is 31.7. The molecular formula is C25H21FN2O5. The normalized spacial score (nSPS) is 17.3. The number of carbonyl (C=O) groups is 2. The number of likely N-dealkylation sites (tertiary alicyclic amines) is 1. The van der Waals surface area contributed by atoms with Gasteiger partial charge in [-0.3, -0.25) is 14.6 Å². The fourth-order valence-corrected chi connectivity index (χ4v) is 3.84. The number of ketones is 1. The van der Waals surface area contributed by atoms with Crippen LogP contribution in [-0.2, 0) is 16.1 Å². The van der Waals surface area contributed by atoms with Gasteiger partial charge in [0, 0.05) is 11.8 Å². The Labute approximate surface area is 189 Å². The zero-order chi connectivity index (χ0) is 23.5. The number of nitrogens with zero attached hydrogens (tertiary/aromatic N) is 2. The summed E-state index contributed by atoms with van der Waals surface area (Å²) < 4.78 is 24.1. The monoisotopic (exact) mass is 448 g/mol. The number of benzene rings is 2. The number of hydrogen-bond acceptors (Lipinski definition) is 6. The van der Waals surface area contributed by atoms with Crippen molar-refractivity contribution >= 4 is 17.4 Å². The number of rotatable bonds is 6. The number of Topliss-reactive ketones (excluding diaryl/α,β-unsaturated/α-hetero) is 1. The Kier molecular flexibility index (Phi) is 6.08. The highest BCUT2D eigenvalue weighted by Crippen LogP contribution is 2.41. The van der Waals surface area contributed by atoms with Crippen molar-refractivity contribution in [1.29, 1.82) is 0 Å². The van der Waals surface area contributed by atoms with Crippen LogP contribution in [0.3, 0.4) is 0 Å². The maximum atomic E-state index is 13.6. The van der Waals surface area contributed by atoms with Gasteiger partial charge in [-0.25, -0.2) is 4.39 Å². The molecule has 4 rings (SSSR count). The lowest BCUT2D eigenvalue weighted by Crippen LogP contribution is -2.29. The van der Waals surface area contributed by atoms with Crippen LogP contribution in [0.15, 0.2) is 72.4 Å². The number of pyridine rings is 1. The van der Waals surface area contributed by atoms with E-state index in [-0.39, 0.29) is 23.4 Å². The molecule has 1 unspecified atom stereocenters. The van der Waals surface area contributed by atoms with Gasteiger partial charge in [0.15, 0.2) is 11.5 Å². The van der Waals surface area contributed by atoms with E-state index in [1.54, 1.807) is 36.5 Å². The van der Waals surface area contributed by atoms with Crippen molar-refractivity contribution in [2.24, 2.45) is 0 Å². The highest BCUT2D eigenvalue weighted by Gasteiger charge is 2.46. The van der Waals surface area contributed by atoms with Crippen LogP contribution < -0.4 is 9.47 Å². The summed E-state index contributed by atoms with van der Waals surface area (Å²) in [6.45, 7) is 0.0379. The van der Waals surface area contributed by atoms with E-state index in [4.69, 9.17) is 9.47 Å². The molecule has 3 aromatic rings. The summed E-state index contributed by atoms with van der Waals surface area (Å²) in [6.07, 6.45) is 1.59. The molecule has 0 bridgehead atoms. The number of methoxy groups -OCH3 is 2. The van der Waals surface area contributed by atoms with Gasteiger partial charge < -0.3 is 19.5 Å². The van der Waals surface area contributed by atoms with E-state index in [9.17, 15) is 19.1 Å². The summed E-state index contributed by atoms with van der Waals surface area (Å²) in [6, 6.07) is 14.4. The molecule has 8 heteroatoms. The predicted octanol–water partition coefficient (Wildman–Crippen LogP) is 3.86. The van der Waals surface area contributed by atoms with E-state index in [2.05, 4.69) is 4.98 Å². The Morgan fingerprint density at radius 1 is 1.03 bits per heavy atom. The minimum absolute atomic E-state index is 0.0379. The van der Waals surface area contributed by atoms with Gasteiger partial charge in [0.25, 0.3) is 11.7 Å². The second kappa shape index (κ2) is 9.12. The molecule has 1 aliphatic rings. The molecule has 0 spiro atoms. The van der Waals surface area contributed by atoms with Crippen LogP contribution in [0.2, 0.25) is 0 Å². The molecule has 1 aromatic heterocycles. The van der Waals surface area contributed by atoms with E-state index < -0.39 is 23.5 Å². The van der Waals surface area contributed by atoms with E-state index in [1.165, 1.54) is 49.5 Å². The number of aliphatic hydroxyl groups excluding tert-OH is 1. The molecule has 1 amide bonds.